The summed E-state index contributed by atoms with van der Waals surface area (Å²) in [6.07, 6.45) is 2.98. The van der Waals surface area contributed by atoms with Crippen LogP contribution in [-0.2, 0) is 28.4 Å². The van der Waals surface area contributed by atoms with Crippen LogP contribution in [0.15, 0.2) is 24.3 Å². The quantitative estimate of drug-likeness (QED) is 0.263. The van der Waals surface area contributed by atoms with Crippen molar-refractivity contribution in [1.29, 1.82) is 0 Å². The van der Waals surface area contributed by atoms with Crippen LogP contribution in [0, 0.1) is 10.8 Å². The molecule has 0 bridgehead atoms. The summed E-state index contributed by atoms with van der Waals surface area (Å²) in [6.45, 7) is 10.4. The highest BCUT2D eigenvalue weighted by molar-refractivity contribution is 6.03. The van der Waals surface area contributed by atoms with E-state index in [1.54, 1.807) is 24.3 Å². The van der Waals surface area contributed by atoms with Crippen LogP contribution in [-0.4, -0.2) is 78.0 Å². The van der Waals surface area contributed by atoms with Gasteiger partial charge in [0.05, 0.1) is 64.0 Å². The molecule has 0 spiro atoms. The predicted octanol–water partition coefficient (Wildman–Crippen LogP) is 3.67. The van der Waals surface area contributed by atoms with Crippen molar-refractivity contribution in [3.05, 3.63) is 35.4 Å². The molecular formula is C26H38O8. The van der Waals surface area contributed by atoms with Gasteiger partial charge in [0.1, 0.15) is 0 Å². The van der Waals surface area contributed by atoms with Crippen LogP contribution in [0.3, 0.4) is 0 Å². The van der Waals surface area contributed by atoms with Gasteiger partial charge in [-0.2, -0.15) is 0 Å². The topological polar surface area (TPSA) is 89.5 Å². The number of carbonyl (C=O) groups excluding carboxylic acids is 2. The summed E-state index contributed by atoms with van der Waals surface area (Å²) in [5.41, 5.74) is 0.729. The van der Waals surface area contributed by atoms with Crippen molar-refractivity contribution in [3.63, 3.8) is 0 Å². The minimum absolute atomic E-state index is 0.141. The molecule has 3 rings (SSSR count). The van der Waals surface area contributed by atoms with E-state index in [1.807, 2.05) is 0 Å². The van der Waals surface area contributed by atoms with Crippen LogP contribution in [0.2, 0.25) is 0 Å². The molecule has 0 radical (unpaired) electrons. The molecule has 0 N–H and O–H groups in total. The summed E-state index contributed by atoms with van der Waals surface area (Å²) in [6, 6.07) is 6.58. The van der Waals surface area contributed by atoms with Gasteiger partial charge in [-0.15, -0.1) is 0 Å². The zero-order valence-corrected chi connectivity index (χ0v) is 20.5. The normalized spacial score (nSPS) is 17.9. The van der Waals surface area contributed by atoms with Crippen LogP contribution in [0.25, 0.3) is 0 Å². The summed E-state index contributed by atoms with van der Waals surface area (Å²) in [7, 11) is 0. The average Bonchev–Trinajstić information content (AvgIpc) is 2.80. The molecule has 34 heavy (non-hydrogen) atoms. The molecule has 2 saturated heterocycles. The summed E-state index contributed by atoms with van der Waals surface area (Å²) in [4.78, 5) is 25.0. The highest BCUT2D eigenvalue weighted by Crippen LogP contribution is 2.27. The first-order valence-corrected chi connectivity index (χ1v) is 12.2. The Balaban J connectivity index is 1.27. The molecule has 1 aromatic carbocycles. The number of esters is 2. The van der Waals surface area contributed by atoms with Crippen LogP contribution in [0.5, 0.6) is 0 Å². The monoisotopic (exact) mass is 478 g/mol. The maximum absolute atomic E-state index is 12.5. The summed E-state index contributed by atoms with van der Waals surface area (Å²) < 4.78 is 32.5. The number of ether oxygens (including phenoxy) is 6. The third kappa shape index (κ3) is 8.34. The van der Waals surface area contributed by atoms with E-state index in [0.717, 1.165) is 39.3 Å². The number of rotatable bonds is 16. The van der Waals surface area contributed by atoms with Gasteiger partial charge in [-0.3, -0.25) is 0 Å². The largest absolute Gasteiger partial charge is 0.462 e. The lowest BCUT2D eigenvalue weighted by molar-refractivity contribution is -0.138. The standard InChI is InChI=1S/C26H38O8/c1-25(17-31-18-25)15-29-11-5-7-13-33-23(27)21-9-3-4-10-22(21)24(28)34-14-8-6-12-30-16-26(2)19-32-20-26/h3-4,9-10H,5-8,11-20H2,1-2H3. The zero-order chi connectivity index (χ0) is 24.3. The smallest absolute Gasteiger partial charge is 0.339 e. The number of unbranched alkanes of at least 4 members (excludes halogenated alkanes) is 2. The second kappa shape index (κ2) is 13.2. The minimum atomic E-state index is -0.519. The Morgan fingerprint density at radius 2 is 1.09 bits per heavy atom. The van der Waals surface area contributed by atoms with Crippen molar-refractivity contribution in [3.8, 4) is 0 Å². The molecule has 2 heterocycles. The van der Waals surface area contributed by atoms with Gasteiger partial charge in [0.15, 0.2) is 0 Å². The first kappa shape index (κ1) is 26.6. The molecule has 2 fully saturated rings. The molecule has 0 aliphatic carbocycles. The van der Waals surface area contributed by atoms with E-state index < -0.39 is 11.9 Å². The molecular weight excluding hydrogens is 440 g/mol. The van der Waals surface area contributed by atoms with E-state index >= 15 is 0 Å². The molecule has 0 atom stereocenters. The fourth-order valence-corrected chi connectivity index (χ4v) is 3.64. The maximum Gasteiger partial charge on any atom is 0.339 e. The summed E-state index contributed by atoms with van der Waals surface area (Å²) >= 11 is 0. The van der Waals surface area contributed by atoms with E-state index in [4.69, 9.17) is 28.4 Å². The van der Waals surface area contributed by atoms with Gasteiger partial charge in [-0.1, -0.05) is 26.0 Å². The van der Waals surface area contributed by atoms with E-state index in [2.05, 4.69) is 13.8 Å². The number of hydrogen-bond acceptors (Lipinski definition) is 8. The maximum atomic E-state index is 12.5. The Labute approximate surface area is 202 Å². The average molecular weight is 479 g/mol. The molecule has 1 aromatic rings. The lowest BCUT2D eigenvalue weighted by Gasteiger charge is -2.37. The number of benzene rings is 1. The number of hydrogen-bond donors (Lipinski definition) is 0. The Bertz CT molecular complexity index is 720. The Morgan fingerprint density at radius 1 is 0.706 bits per heavy atom. The fourth-order valence-electron chi connectivity index (χ4n) is 3.64. The van der Waals surface area contributed by atoms with E-state index in [9.17, 15) is 9.59 Å². The van der Waals surface area contributed by atoms with E-state index in [-0.39, 0.29) is 35.2 Å². The van der Waals surface area contributed by atoms with E-state index in [1.165, 1.54) is 0 Å². The molecule has 0 unspecified atom stereocenters. The zero-order valence-electron chi connectivity index (χ0n) is 20.5. The van der Waals surface area contributed by atoms with Crippen molar-refractivity contribution in [1.82, 2.24) is 0 Å². The van der Waals surface area contributed by atoms with Crippen LogP contribution < -0.4 is 0 Å². The Morgan fingerprint density at radius 3 is 1.44 bits per heavy atom. The molecule has 8 nitrogen and oxygen atoms in total. The molecule has 2 aliphatic rings. The van der Waals surface area contributed by atoms with E-state index in [0.29, 0.717) is 39.3 Å². The number of carbonyl (C=O) groups is 2. The predicted molar refractivity (Wildman–Crippen MR) is 125 cm³/mol. The van der Waals surface area contributed by atoms with Gasteiger partial charge in [0.2, 0.25) is 0 Å². The molecule has 0 amide bonds. The minimum Gasteiger partial charge on any atom is -0.462 e. The van der Waals surface area contributed by atoms with Gasteiger partial charge >= 0.3 is 11.9 Å². The summed E-state index contributed by atoms with van der Waals surface area (Å²) in [5.74, 6) is -1.04. The van der Waals surface area contributed by atoms with Crippen molar-refractivity contribution in [2.24, 2.45) is 10.8 Å². The van der Waals surface area contributed by atoms with Gasteiger partial charge in [0.25, 0.3) is 0 Å². The van der Waals surface area contributed by atoms with Crippen LogP contribution in [0.1, 0.15) is 60.2 Å². The Hall–Kier alpha value is -2.00. The van der Waals surface area contributed by atoms with Gasteiger partial charge in [0, 0.05) is 24.0 Å². The van der Waals surface area contributed by atoms with Gasteiger partial charge < -0.3 is 28.4 Å². The van der Waals surface area contributed by atoms with Crippen LogP contribution in [0.4, 0.5) is 0 Å². The Kier molecular flexibility index (Phi) is 10.3. The third-order valence-electron chi connectivity index (χ3n) is 5.90. The first-order chi connectivity index (χ1) is 16.4. The fraction of sp³-hybridized carbons (Fsp3) is 0.692. The highest BCUT2D eigenvalue weighted by atomic mass is 16.5. The second-order valence-electron chi connectivity index (χ2n) is 9.94. The van der Waals surface area contributed by atoms with Crippen molar-refractivity contribution < 1.29 is 38.0 Å². The molecule has 8 heteroatoms. The third-order valence-corrected chi connectivity index (χ3v) is 5.90. The molecule has 0 aromatic heterocycles. The lowest BCUT2D eigenvalue weighted by atomic mass is 9.90. The highest BCUT2D eigenvalue weighted by Gasteiger charge is 2.34. The van der Waals surface area contributed by atoms with Crippen molar-refractivity contribution in [2.75, 3.05) is 66.1 Å². The van der Waals surface area contributed by atoms with Crippen molar-refractivity contribution >= 4 is 11.9 Å². The molecule has 2 aliphatic heterocycles. The molecule has 0 saturated carbocycles. The van der Waals surface area contributed by atoms with Crippen LogP contribution >= 0.6 is 0 Å². The van der Waals surface area contributed by atoms with Crippen molar-refractivity contribution in [2.45, 2.75) is 39.5 Å². The van der Waals surface area contributed by atoms with Gasteiger partial charge in [-0.05, 0) is 37.8 Å². The second-order valence-corrected chi connectivity index (χ2v) is 9.94. The van der Waals surface area contributed by atoms with Gasteiger partial charge in [-0.25, -0.2) is 9.59 Å². The lowest BCUT2D eigenvalue weighted by Crippen LogP contribution is -2.43. The molecule has 190 valence electrons. The SMILES string of the molecule is CC1(COCCCCOC(=O)c2ccccc2C(=O)OCCCCOCC2(C)COC2)COC1. The summed E-state index contributed by atoms with van der Waals surface area (Å²) in [5, 5.41) is 0. The first-order valence-electron chi connectivity index (χ1n) is 12.2.